The molecular weight excluding hydrogens is 336 g/mol. The molecule has 0 radical (unpaired) electrons. The molecule has 7 heteroatoms. The minimum absolute atomic E-state index is 0.0615. The van der Waals surface area contributed by atoms with Gasteiger partial charge in [0.1, 0.15) is 4.47 Å². The number of nitrogens with one attached hydrogen (secondary N) is 1. The van der Waals surface area contributed by atoms with Crippen molar-refractivity contribution in [3.05, 3.63) is 21.0 Å². The zero-order valence-corrected chi connectivity index (χ0v) is 13.8. The summed E-state index contributed by atoms with van der Waals surface area (Å²) in [5.74, 6) is 0.632. The van der Waals surface area contributed by atoms with E-state index in [0.717, 1.165) is 31.9 Å². The molecule has 1 aromatic rings. The fraction of sp³-hybridized carbons (Fsp3) is 0.714. The van der Waals surface area contributed by atoms with E-state index in [1.165, 1.54) is 12.8 Å². The van der Waals surface area contributed by atoms with E-state index in [0.29, 0.717) is 16.9 Å². The lowest BCUT2D eigenvalue weighted by atomic mass is 10.3. The second-order valence-corrected chi connectivity index (χ2v) is 6.73. The Hall–Kier alpha value is -0.920. The molecule has 1 aliphatic heterocycles. The monoisotopic (exact) mass is 356 g/mol. The number of aromatic nitrogens is 2. The van der Waals surface area contributed by atoms with Crippen molar-refractivity contribution in [1.29, 1.82) is 0 Å². The summed E-state index contributed by atoms with van der Waals surface area (Å²) in [4.78, 5) is 14.5. The maximum absolute atomic E-state index is 12.2. The van der Waals surface area contributed by atoms with Crippen LogP contribution in [0.1, 0.15) is 12.8 Å². The molecule has 2 heterocycles. The van der Waals surface area contributed by atoms with Gasteiger partial charge in [-0.15, -0.1) is 0 Å². The van der Waals surface area contributed by atoms with Gasteiger partial charge in [-0.05, 0) is 41.7 Å². The number of ether oxygens (including phenoxy) is 1. The van der Waals surface area contributed by atoms with E-state index in [2.05, 4.69) is 38.3 Å². The summed E-state index contributed by atoms with van der Waals surface area (Å²) in [5.41, 5.74) is 0.678. The summed E-state index contributed by atoms with van der Waals surface area (Å²) >= 11 is 3.39. The van der Waals surface area contributed by atoms with Crippen LogP contribution in [0.2, 0.25) is 0 Å². The minimum Gasteiger partial charge on any atom is -0.380 e. The summed E-state index contributed by atoms with van der Waals surface area (Å²) in [5, 5.41) is 7.52. The second kappa shape index (κ2) is 6.46. The van der Waals surface area contributed by atoms with E-state index < -0.39 is 0 Å². The smallest absolute Gasteiger partial charge is 0.283 e. The molecule has 1 saturated heterocycles. The van der Waals surface area contributed by atoms with Crippen molar-refractivity contribution in [2.75, 3.05) is 38.6 Å². The van der Waals surface area contributed by atoms with Gasteiger partial charge in [0.25, 0.3) is 5.56 Å². The largest absolute Gasteiger partial charge is 0.380 e. The highest BCUT2D eigenvalue weighted by atomic mass is 79.9. The first kappa shape index (κ1) is 15.0. The van der Waals surface area contributed by atoms with Crippen molar-refractivity contribution in [3.63, 3.8) is 0 Å². The first-order chi connectivity index (χ1) is 10.1. The number of halogens is 1. The quantitative estimate of drug-likeness (QED) is 0.857. The van der Waals surface area contributed by atoms with Crippen LogP contribution in [-0.4, -0.2) is 54.1 Å². The summed E-state index contributed by atoms with van der Waals surface area (Å²) in [6, 6.07) is 0. The minimum atomic E-state index is -0.0615. The molecule has 2 aliphatic rings. The van der Waals surface area contributed by atoms with Crippen molar-refractivity contribution in [2.45, 2.75) is 25.5 Å². The molecule has 0 bridgehead atoms. The molecule has 6 nitrogen and oxygen atoms in total. The molecule has 1 N–H and O–H groups in total. The van der Waals surface area contributed by atoms with Crippen LogP contribution < -0.4 is 10.9 Å². The molecule has 116 valence electrons. The van der Waals surface area contributed by atoms with Crippen LogP contribution in [0.3, 0.4) is 0 Å². The van der Waals surface area contributed by atoms with E-state index in [-0.39, 0.29) is 11.7 Å². The highest BCUT2D eigenvalue weighted by Gasteiger charge is 2.23. The number of morpholine rings is 1. The fourth-order valence-corrected chi connectivity index (χ4v) is 2.92. The number of anilines is 1. The molecule has 1 unspecified atom stereocenters. The molecule has 0 amide bonds. The van der Waals surface area contributed by atoms with Crippen LogP contribution in [0.25, 0.3) is 0 Å². The lowest BCUT2D eigenvalue weighted by Crippen LogP contribution is -2.43. The fourth-order valence-electron chi connectivity index (χ4n) is 2.48. The van der Waals surface area contributed by atoms with Gasteiger partial charge in [0.2, 0.25) is 0 Å². The van der Waals surface area contributed by atoms with Crippen LogP contribution in [0.15, 0.2) is 15.5 Å². The number of nitrogens with zero attached hydrogens (tertiary/aromatic N) is 3. The molecule has 1 aliphatic carbocycles. The molecule has 21 heavy (non-hydrogen) atoms. The molecule has 2 fully saturated rings. The van der Waals surface area contributed by atoms with Crippen molar-refractivity contribution in [1.82, 2.24) is 14.7 Å². The number of rotatable bonds is 5. The van der Waals surface area contributed by atoms with Gasteiger partial charge in [-0.3, -0.25) is 4.79 Å². The SMILES string of the molecule is CN1CCOC(CNc2cnn(CC3CC3)c(=O)c2Br)C1. The van der Waals surface area contributed by atoms with E-state index in [1.807, 2.05) is 0 Å². The Morgan fingerprint density at radius 2 is 2.33 bits per heavy atom. The van der Waals surface area contributed by atoms with Gasteiger partial charge in [-0.1, -0.05) is 0 Å². The van der Waals surface area contributed by atoms with Crippen molar-refractivity contribution in [3.8, 4) is 0 Å². The third-order valence-electron chi connectivity index (χ3n) is 3.97. The summed E-state index contributed by atoms with van der Waals surface area (Å²) < 4.78 is 7.81. The van der Waals surface area contributed by atoms with Crippen molar-refractivity contribution < 1.29 is 4.74 Å². The normalized spacial score (nSPS) is 23.2. The predicted octanol–water partition coefficient (Wildman–Crippen LogP) is 1.16. The average molecular weight is 357 g/mol. The highest BCUT2D eigenvalue weighted by Crippen LogP contribution is 2.30. The first-order valence-electron chi connectivity index (χ1n) is 7.43. The standard InChI is InChI=1S/C14H21BrN4O2/c1-18-4-5-21-11(9-18)6-16-12-7-17-19(8-10-2-3-10)14(20)13(12)15/h7,10-11,16H,2-6,8-9H2,1H3. The van der Waals surface area contributed by atoms with Gasteiger partial charge >= 0.3 is 0 Å². The number of hydrogen-bond acceptors (Lipinski definition) is 5. The Labute approximate surface area is 132 Å². The molecular formula is C14H21BrN4O2. The summed E-state index contributed by atoms with van der Waals surface area (Å²) in [6.45, 7) is 4.03. The van der Waals surface area contributed by atoms with Crippen LogP contribution >= 0.6 is 15.9 Å². The molecule has 1 atom stereocenters. The van der Waals surface area contributed by atoms with Crippen LogP contribution in [0, 0.1) is 5.92 Å². The van der Waals surface area contributed by atoms with Gasteiger partial charge in [0.15, 0.2) is 0 Å². The summed E-state index contributed by atoms with van der Waals surface area (Å²) in [7, 11) is 2.09. The average Bonchev–Trinajstić information content (AvgIpc) is 3.27. The van der Waals surface area contributed by atoms with E-state index in [4.69, 9.17) is 4.74 Å². The van der Waals surface area contributed by atoms with Gasteiger partial charge in [-0.2, -0.15) is 5.10 Å². The number of hydrogen-bond donors (Lipinski definition) is 1. The number of likely N-dealkylation sites (N-methyl/N-ethyl adjacent to an activating group) is 1. The van der Waals surface area contributed by atoms with E-state index in [9.17, 15) is 4.79 Å². The molecule has 1 saturated carbocycles. The molecule has 0 spiro atoms. The predicted molar refractivity (Wildman–Crippen MR) is 84.6 cm³/mol. The third kappa shape index (κ3) is 3.84. The maximum atomic E-state index is 12.2. The lowest BCUT2D eigenvalue weighted by Gasteiger charge is -2.30. The van der Waals surface area contributed by atoms with Crippen LogP contribution in [0.5, 0.6) is 0 Å². The molecule has 1 aromatic heterocycles. The van der Waals surface area contributed by atoms with Crippen LogP contribution in [0.4, 0.5) is 5.69 Å². The van der Waals surface area contributed by atoms with Crippen molar-refractivity contribution in [2.24, 2.45) is 5.92 Å². The van der Waals surface area contributed by atoms with Crippen LogP contribution in [-0.2, 0) is 11.3 Å². The Bertz CT molecular complexity index is 558. The van der Waals surface area contributed by atoms with Gasteiger partial charge < -0.3 is 15.0 Å². The Balaban J connectivity index is 1.62. The van der Waals surface area contributed by atoms with Gasteiger partial charge in [0.05, 0.1) is 24.6 Å². The third-order valence-corrected chi connectivity index (χ3v) is 4.74. The lowest BCUT2D eigenvalue weighted by molar-refractivity contribution is -0.0117. The summed E-state index contributed by atoms with van der Waals surface area (Å²) in [6.07, 6.45) is 4.28. The van der Waals surface area contributed by atoms with E-state index >= 15 is 0 Å². The maximum Gasteiger partial charge on any atom is 0.283 e. The van der Waals surface area contributed by atoms with E-state index in [1.54, 1.807) is 10.9 Å². The van der Waals surface area contributed by atoms with Gasteiger partial charge in [-0.25, -0.2) is 4.68 Å². The second-order valence-electron chi connectivity index (χ2n) is 5.94. The van der Waals surface area contributed by atoms with Gasteiger partial charge in [0, 0.05) is 26.2 Å². The van der Waals surface area contributed by atoms with Crippen molar-refractivity contribution >= 4 is 21.6 Å². The topological polar surface area (TPSA) is 59.4 Å². The Kier molecular flexibility index (Phi) is 4.61. The highest BCUT2D eigenvalue weighted by molar-refractivity contribution is 9.10. The molecule has 3 rings (SSSR count). The Morgan fingerprint density at radius 1 is 1.52 bits per heavy atom. The first-order valence-corrected chi connectivity index (χ1v) is 8.22. The zero-order valence-electron chi connectivity index (χ0n) is 12.2. The Morgan fingerprint density at radius 3 is 3.05 bits per heavy atom. The zero-order chi connectivity index (χ0) is 14.8. The molecule has 0 aromatic carbocycles.